The van der Waals surface area contributed by atoms with E-state index >= 15 is 0 Å². The summed E-state index contributed by atoms with van der Waals surface area (Å²) >= 11 is 2.15. The number of esters is 1. The molecule has 0 aliphatic carbocycles. The Bertz CT molecular complexity index is 432. The second kappa shape index (κ2) is 7.21. The molecule has 2 rings (SSSR count). The van der Waals surface area contributed by atoms with Gasteiger partial charge in [0, 0.05) is 23.2 Å². The normalized spacial score (nSPS) is 18.0. The molecule has 5 heteroatoms. The van der Waals surface area contributed by atoms with Crippen LogP contribution < -0.4 is 0 Å². The Morgan fingerprint density at radius 1 is 1.42 bits per heavy atom. The van der Waals surface area contributed by atoms with Crippen molar-refractivity contribution in [2.45, 2.75) is 13.0 Å². The second-order valence-corrected chi connectivity index (χ2v) is 5.77. The highest BCUT2D eigenvalue weighted by molar-refractivity contribution is 14.1. The first-order valence-electron chi connectivity index (χ1n) is 6.42. The zero-order chi connectivity index (χ0) is 13.7. The van der Waals surface area contributed by atoms with Crippen molar-refractivity contribution in [2.75, 3.05) is 32.8 Å². The quantitative estimate of drug-likeness (QED) is 0.598. The van der Waals surface area contributed by atoms with Gasteiger partial charge >= 0.3 is 5.97 Å². The lowest BCUT2D eigenvalue weighted by Crippen LogP contribution is -2.41. The van der Waals surface area contributed by atoms with Gasteiger partial charge in [0.05, 0.1) is 18.8 Å². The van der Waals surface area contributed by atoms with Gasteiger partial charge in [0.1, 0.15) is 6.10 Å². The van der Waals surface area contributed by atoms with Crippen LogP contribution in [0.25, 0.3) is 0 Å². The maximum Gasteiger partial charge on any atom is 0.339 e. The molecule has 1 aromatic carbocycles. The average Bonchev–Trinajstić information content (AvgIpc) is 2.40. The van der Waals surface area contributed by atoms with E-state index in [0.717, 1.165) is 36.4 Å². The van der Waals surface area contributed by atoms with Gasteiger partial charge in [0.2, 0.25) is 0 Å². The Balaban J connectivity index is 1.86. The van der Waals surface area contributed by atoms with E-state index in [-0.39, 0.29) is 12.1 Å². The van der Waals surface area contributed by atoms with Crippen LogP contribution in [-0.2, 0) is 9.47 Å². The third-order valence-electron chi connectivity index (χ3n) is 3.02. The number of hydrogen-bond donors (Lipinski definition) is 0. The third kappa shape index (κ3) is 4.43. The van der Waals surface area contributed by atoms with Crippen molar-refractivity contribution >= 4 is 28.6 Å². The Morgan fingerprint density at radius 3 is 2.79 bits per heavy atom. The third-order valence-corrected chi connectivity index (χ3v) is 3.96. The fraction of sp³-hybridized carbons (Fsp3) is 0.500. The van der Waals surface area contributed by atoms with E-state index in [1.54, 1.807) is 6.07 Å². The van der Waals surface area contributed by atoms with Gasteiger partial charge in [-0.25, -0.2) is 4.79 Å². The molecule has 1 aliphatic heterocycles. The maximum atomic E-state index is 12.0. The molecule has 0 unspecified atom stereocenters. The molecule has 0 spiro atoms. The molecule has 0 bridgehead atoms. The molecular formula is C14H18INO3. The molecule has 1 fully saturated rings. The molecular weight excluding hydrogens is 357 g/mol. The van der Waals surface area contributed by atoms with Gasteiger partial charge in [0.25, 0.3) is 0 Å². The number of carbonyl (C=O) groups is 1. The Hall–Kier alpha value is -0.660. The topological polar surface area (TPSA) is 38.8 Å². The number of halogens is 1. The smallest absolute Gasteiger partial charge is 0.339 e. The van der Waals surface area contributed by atoms with Crippen molar-refractivity contribution in [3.63, 3.8) is 0 Å². The van der Waals surface area contributed by atoms with Gasteiger partial charge in [-0.2, -0.15) is 0 Å². The minimum Gasteiger partial charge on any atom is -0.458 e. The molecule has 1 aliphatic rings. The standard InChI is InChI=1S/C14H18INO3/c1-11(10-16-6-8-18-9-7-16)19-14(17)12-4-2-3-5-13(12)15/h2-5,11H,6-10H2,1H3/t11-/m0/s1. The molecule has 0 amide bonds. The van der Waals surface area contributed by atoms with Crippen molar-refractivity contribution in [1.82, 2.24) is 4.90 Å². The van der Waals surface area contributed by atoms with E-state index in [9.17, 15) is 4.79 Å². The summed E-state index contributed by atoms with van der Waals surface area (Å²) in [6.45, 7) is 6.03. The summed E-state index contributed by atoms with van der Waals surface area (Å²) in [5.41, 5.74) is 0.636. The number of benzene rings is 1. The number of morpholine rings is 1. The highest BCUT2D eigenvalue weighted by Crippen LogP contribution is 2.14. The first kappa shape index (κ1) is 14.7. The number of carbonyl (C=O) groups excluding carboxylic acids is 1. The van der Waals surface area contributed by atoms with Crippen molar-refractivity contribution < 1.29 is 14.3 Å². The van der Waals surface area contributed by atoms with Crippen LogP contribution in [0.5, 0.6) is 0 Å². The summed E-state index contributed by atoms with van der Waals surface area (Å²) in [5, 5.41) is 0. The molecule has 104 valence electrons. The van der Waals surface area contributed by atoms with Crippen LogP contribution >= 0.6 is 22.6 Å². The molecule has 1 atom stereocenters. The lowest BCUT2D eigenvalue weighted by atomic mass is 10.2. The summed E-state index contributed by atoms with van der Waals surface area (Å²) in [7, 11) is 0. The largest absolute Gasteiger partial charge is 0.458 e. The zero-order valence-electron chi connectivity index (χ0n) is 11.0. The van der Waals surface area contributed by atoms with Crippen molar-refractivity contribution in [3.8, 4) is 0 Å². The summed E-state index contributed by atoms with van der Waals surface area (Å²) < 4.78 is 11.7. The van der Waals surface area contributed by atoms with Gasteiger partial charge in [0.15, 0.2) is 0 Å². The van der Waals surface area contributed by atoms with Crippen LogP contribution in [0.3, 0.4) is 0 Å². The summed E-state index contributed by atoms with van der Waals surface area (Å²) in [4.78, 5) is 14.3. The van der Waals surface area contributed by atoms with Gasteiger partial charge in [-0.05, 0) is 41.6 Å². The molecule has 4 nitrogen and oxygen atoms in total. The van der Waals surface area contributed by atoms with E-state index in [1.165, 1.54) is 0 Å². The number of ether oxygens (including phenoxy) is 2. The summed E-state index contributed by atoms with van der Waals surface area (Å²) in [6.07, 6.45) is -0.110. The fourth-order valence-electron chi connectivity index (χ4n) is 2.06. The van der Waals surface area contributed by atoms with E-state index in [1.807, 2.05) is 25.1 Å². The first-order valence-corrected chi connectivity index (χ1v) is 7.50. The van der Waals surface area contributed by atoms with Crippen LogP contribution in [0.2, 0.25) is 0 Å². The van der Waals surface area contributed by atoms with Gasteiger partial charge in [-0.15, -0.1) is 0 Å². The number of rotatable bonds is 4. The SMILES string of the molecule is C[C@@H](CN1CCOCC1)OC(=O)c1ccccc1I. The lowest BCUT2D eigenvalue weighted by Gasteiger charge is -2.28. The van der Waals surface area contributed by atoms with Gasteiger partial charge in [-0.3, -0.25) is 4.90 Å². The number of hydrogen-bond acceptors (Lipinski definition) is 4. The van der Waals surface area contributed by atoms with Crippen LogP contribution in [-0.4, -0.2) is 49.8 Å². The highest BCUT2D eigenvalue weighted by atomic mass is 127. The molecule has 0 N–H and O–H groups in total. The molecule has 1 aromatic rings. The summed E-state index contributed by atoms with van der Waals surface area (Å²) in [5.74, 6) is -0.245. The molecule has 1 saturated heterocycles. The molecule has 0 radical (unpaired) electrons. The molecule has 1 heterocycles. The Kier molecular flexibility index (Phi) is 5.59. The predicted molar refractivity (Wildman–Crippen MR) is 81.3 cm³/mol. The minimum atomic E-state index is -0.245. The van der Waals surface area contributed by atoms with E-state index < -0.39 is 0 Å². The van der Waals surface area contributed by atoms with E-state index in [4.69, 9.17) is 9.47 Å². The van der Waals surface area contributed by atoms with Gasteiger partial charge < -0.3 is 9.47 Å². The minimum absolute atomic E-state index is 0.110. The second-order valence-electron chi connectivity index (χ2n) is 4.61. The van der Waals surface area contributed by atoms with Crippen molar-refractivity contribution in [3.05, 3.63) is 33.4 Å². The Morgan fingerprint density at radius 2 is 2.11 bits per heavy atom. The molecule has 19 heavy (non-hydrogen) atoms. The average molecular weight is 375 g/mol. The van der Waals surface area contributed by atoms with Crippen LogP contribution in [0, 0.1) is 3.57 Å². The molecule has 0 aromatic heterocycles. The van der Waals surface area contributed by atoms with Gasteiger partial charge in [-0.1, -0.05) is 12.1 Å². The van der Waals surface area contributed by atoms with Crippen molar-refractivity contribution in [2.24, 2.45) is 0 Å². The summed E-state index contributed by atoms with van der Waals surface area (Å²) in [6, 6.07) is 7.47. The molecule has 0 saturated carbocycles. The van der Waals surface area contributed by atoms with Crippen LogP contribution in [0.4, 0.5) is 0 Å². The van der Waals surface area contributed by atoms with E-state index in [2.05, 4.69) is 27.5 Å². The monoisotopic (exact) mass is 375 g/mol. The highest BCUT2D eigenvalue weighted by Gasteiger charge is 2.18. The maximum absolute atomic E-state index is 12.0. The lowest BCUT2D eigenvalue weighted by molar-refractivity contribution is 0.000388. The van der Waals surface area contributed by atoms with Crippen LogP contribution in [0.15, 0.2) is 24.3 Å². The number of nitrogens with zero attached hydrogens (tertiary/aromatic N) is 1. The Labute approximate surface area is 127 Å². The zero-order valence-corrected chi connectivity index (χ0v) is 13.1. The van der Waals surface area contributed by atoms with E-state index in [0.29, 0.717) is 5.56 Å². The fourth-order valence-corrected chi connectivity index (χ4v) is 2.67. The van der Waals surface area contributed by atoms with Crippen molar-refractivity contribution in [1.29, 1.82) is 0 Å². The predicted octanol–water partition coefficient (Wildman–Crippen LogP) is 2.17. The first-order chi connectivity index (χ1) is 9.16. The van der Waals surface area contributed by atoms with Crippen LogP contribution in [0.1, 0.15) is 17.3 Å².